The first-order valence-corrected chi connectivity index (χ1v) is 6.75. The summed E-state index contributed by atoms with van der Waals surface area (Å²) in [5, 5.41) is 0. The molecular weight excluding hydrogens is 274 g/mol. The van der Waals surface area contributed by atoms with E-state index in [2.05, 4.69) is 4.74 Å². The van der Waals surface area contributed by atoms with Crippen LogP contribution >= 0.6 is 11.8 Å². The lowest BCUT2D eigenvalue weighted by molar-refractivity contribution is 0.0600. The first kappa shape index (κ1) is 14.3. The Labute approximate surface area is 121 Å². The largest absolute Gasteiger partial charge is 0.497 e. The molecule has 2 rings (SSSR count). The molecule has 20 heavy (non-hydrogen) atoms. The number of hydrogen-bond donors (Lipinski definition) is 1. The monoisotopic (exact) mass is 289 g/mol. The van der Waals surface area contributed by atoms with Crippen LogP contribution in [-0.2, 0) is 4.74 Å². The number of ether oxygens (including phenoxy) is 2. The van der Waals surface area contributed by atoms with Crippen LogP contribution in [0.2, 0.25) is 0 Å². The summed E-state index contributed by atoms with van der Waals surface area (Å²) in [5.74, 6) is 0.398. The van der Waals surface area contributed by atoms with Crippen molar-refractivity contribution in [3.63, 3.8) is 0 Å². The molecule has 4 nitrogen and oxygen atoms in total. The van der Waals surface area contributed by atoms with Crippen molar-refractivity contribution in [1.82, 2.24) is 0 Å². The van der Waals surface area contributed by atoms with Crippen molar-refractivity contribution in [2.24, 2.45) is 0 Å². The Morgan fingerprint density at radius 2 is 1.95 bits per heavy atom. The third-order valence-corrected chi connectivity index (χ3v) is 3.78. The number of benzene rings is 2. The van der Waals surface area contributed by atoms with Gasteiger partial charge < -0.3 is 15.2 Å². The van der Waals surface area contributed by atoms with Gasteiger partial charge in [-0.2, -0.15) is 0 Å². The zero-order chi connectivity index (χ0) is 14.5. The zero-order valence-corrected chi connectivity index (χ0v) is 12.1. The van der Waals surface area contributed by atoms with Crippen LogP contribution in [0.1, 0.15) is 10.4 Å². The predicted molar refractivity (Wildman–Crippen MR) is 79.3 cm³/mol. The molecule has 0 fully saturated rings. The smallest absolute Gasteiger partial charge is 0.337 e. The van der Waals surface area contributed by atoms with Gasteiger partial charge in [0.15, 0.2) is 0 Å². The summed E-state index contributed by atoms with van der Waals surface area (Å²) in [6, 6.07) is 12.8. The highest BCUT2D eigenvalue weighted by molar-refractivity contribution is 7.99. The minimum Gasteiger partial charge on any atom is -0.497 e. The molecule has 0 aliphatic heterocycles. The first-order valence-electron chi connectivity index (χ1n) is 5.94. The Hall–Kier alpha value is -2.14. The van der Waals surface area contributed by atoms with Gasteiger partial charge in [0, 0.05) is 15.5 Å². The minimum absolute atomic E-state index is 0.394. The third-order valence-electron chi connectivity index (χ3n) is 2.70. The minimum atomic E-state index is -0.394. The number of hydrogen-bond acceptors (Lipinski definition) is 5. The van der Waals surface area contributed by atoms with E-state index in [9.17, 15) is 4.79 Å². The molecule has 2 aromatic carbocycles. The highest BCUT2D eigenvalue weighted by Gasteiger charge is 2.09. The van der Waals surface area contributed by atoms with Crippen LogP contribution < -0.4 is 10.5 Å². The predicted octanol–water partition coefficient (Wildman–Crippen LogP) is 3.22. The molecule has 0 aliphatic rings. The number of carbonyl (C=O) groups excluding carboxylic acids is 1. The van der Waals surface area contributed by atoms with Gasteiger partial charge in [-0.15, -0.1) is 0 Å². The lowest BCUT2D eigenvalue weighted by Gasteiger charge is -2.08. The van der Waals surface area contributed by atoms with E-state index in [4.69, 9.17) is 10.5 Å². The van der Waals surface area contributed by atoms with Crippen LogP contribution in [0.15, 0.2) is 52.3 Å². The molecule has 2 aromatic rings. The molecule has 0 saturated heterocycles. The maximum atomic E-state index is 11.4. The molecule has 0 spiro atoms. The molecule has 5 heteroatoms. The van der Waals surface area contributed by atoms with Gasteiger partial charge in [-0.3, -0.25) is 0 Å². The summed E-state index contributed by atoms with van der Waals surface area (Å²) in [7, 11) is 2.97. The molecule has 0 unspecified atom stereocenters. The highest BCUT2D eigenvalue weighted by Crippen LogP contribution is 2.34. The second-order valence-electron chi connectivity index (χ2n) is 4.03. The summed E-state index contributed by atoms with van der Waals surface area (Å²) in [6.07, 6.45) is 0. The van der Waals surface area contributed by atoms with Crippen molar-refractivity contribution >= 4 is 23.4 Å². The number of nitrogen functional groups attached to an aromatic ring is 1. The average Bonchev–Trinajstić information content (AvgIpc) is 2.48. The summed E-state index contributed by atoms with van der Waals surface area (Å²) in [6.45, 7) is 0. The Kier molecular flexibility index (Phi) is 4.53. The number of nitrogens with two attached hydrogens (primary N) is 1. The van der Waals surface area contributed by atoms with Crippen molar-refractivity contribution in [1.29, 1.82) is 0 Å². The van der Waals surface area contributed by atoms with Gasteiger partial charge in [0.05, 0.1) is 19.8 Å². The van der Waals surface area contributed by atoms with E-state index in [-0.39, 0.29) is 0 Å². The molecule has 2 N–H and O–H groups in total. The Bertz CT molecular complexity index is 628. The van der Waals surface area contributed by atoms with Crippen LogP contribution in [0, 0.1) is 0 Å². The number of carbonyl (C=O) groups is 1. The van der Waals surface area contributed by atoms with E-state index in [1.54, 1.807) is 19.2 Å². The zero-order valence-electron chi connectivity index (χ0n) is 11.3. The fourth-order valence-corrected chi connectivity index (χ4v) is 2.57. The van der Waals surface area contributed by atoms with E-state index in [0.29, 0.717) is 11.3 Å². The molecule has 0 saturated carbocycles. The van der Waals surface area contributed by atoms with Gasteiger partial charge in [-0.05, 0) is 36.4 Å². The summed E-state index contributed by atoms with van der Waals surface area (Å²) >= 11 is 1.51. The van der Waals surface area contributed by atoms with Crippen molar-refractivity contribution in [3.05, 3.63) is 48.0 Å². The van der Waals surface area contributed by atoms with Crippen molar-refractivity contribution < 1.29 is 14.3 Å². The normalized spacial score (nSPS) is 10.1. The third kappa shape index (κ3) is 3.24. The molecular formula is C15H15NO3S. The van der Waals surface area contributed by atoms with Gasteiger partial charge in [-0.25, -0.2) is 4.79 Å². The maximum absolute atomic E-state index is 11.4. The number of esters is 1. The second-order valence-corrected chi connectivity index (χ2v) is 5.14. The molecule has 0 atom stereocenters. The van der Waals surface area contributed by atoms with E-state index in [0.717, 1.165) is 15.5 Å². The van der Waals surface area contributed by atoms with Crippen molar-refractivity contribution in [3.8, 4) is 5.75 Å². The summed E-state index contributed by atoms with van der Waals surface area (Å²) in [5.41, 5.74) is 6.96. The van der Waals surface area contributed by atoms with Crippen LogP contribution in [0.4, 0.5) is 5.69 Å². The molecule has 0 aliphatic carbocycles. The molecule has 104 valence electrons. The molecule has 0 radical (unpaired) electrons. The van der Waals surface area contributed by atoms with E-state index < -0.39 is 5.97 Å². The second kappa shape index (κ2) is 6.34. The lowest BCUT2D eigenvalue weighted by atomic mass is 10.2. The van der Waals surface area contributed by atoms with E-state index in [1.165, 1.54) is 18.9 Å². The molecule has 0 bridgehead atoms. The van der Waals surface area contributed by atoms with Crippen LogP contribution in [0.25, 0.3) is 0 Å². The lowest BCUT2D eigenvalue weighted by Crippen LogP contribution is -2.02. The van der Waals surface area contributed by atoms with Gasteiger partial charge >= 0.3 is 5.97 Å². The van der Waals surface area contributed by atoms with E-state index in [1.807, 2.05) is 30.3 Å². The Balaban J connectivity index is 2.23. The van der Waals surface area contributed by atoms with E-state index >= 15 is 0 Å². The SMILES string of the molecule is COC(=O)c1ccc(Sc2cccc(OC)c2)c(N)c1. The average molecular weight is 289 g/mol. The topological polar surface area (TPSA) is 61.5 Å². The fourth-order valence-electron chi connectivity index (χ4n) is 1.68. The Morgan fingerprint density at radius 3 is 2.60 bits per heavy atom. The first-order chi connectivity index (χ1) is 9.63. The number of anilines is 1. The standard InChI is InChI=1S/C15H15NO3S/c1-18-11-4-3-5-12(9-11)20-14-7-6-10(8-13(14)16)15(17)19-2/h3-9H,16H2,1-2H3. The van der Waals surface area contributed by atoms with Crippen molar-refractivity contribution in [2.75, 3.05) is 20.0 Å². The van der Waals surface area contributed by atoms with Crippen LogP contribution in [0.5, 0.6) is 5.75 Å². The fraction of sp³-hybridized carbons (Fsp3) is 0.133. The number of rotatable bonds is 4. The maximum Gasteiger partial charge on any atom is 0.337 e. The quantitative estimate of drug-likeness (QED) is 0.691. The van der Waals surface area contributed by atoms with Crippen LogP contribution in [0.3, 0.4) is 0 Å². The summed E-state index contributed by atoms with van der Waals surface area (Å²) in [4.78, 5) is 13.3. The van der Waals surface area contributed by atoms with Crippen molar-refractivity contribution in [2.45, 2.75) is 9.79 Å². The molecule has 0 heterocycles. The van der Waals surface area contributed by atoms with Gasteiger partial charge in [0.2, 0.25) is 0 Å². The summed E-state index contributed by atoms with van der Waals surface area (Å²) < 4.78 is 9.84. The van der Waals surface area contributed by atoms with Gasteiger partial charge in [0.25, 0.3) is 0 Å². The number of methoxy groups -OCH3 is 2. The Morgan fingerprint density at radius 1 is 1.15 bits per heavy atom. The molecule has 0 aromatic heterocycles. The molecule has 0 amide bonds. The van der Waals surface area contributed by atoms with Crippen LogP contribution in [-0.4, -0.2) is 20.2 Å². The highest BCUT2D eigenvalue weighted by atomic mass is 32.2. The van der Waals surface area contributed by atoms with Gasteiger partial charge in [0.1, 0.15) is 5.75 Å². The van der Waals surface area contributed by atoms with Gasteiger partial charge in [-0.1, -0.05) is 17.8 Å².